The van der Waals surface area contributed by atoms with Crippen LogP contribution in [-0.4, -0.2) is 53.0 Å². The number of hydrogen-bond donors (Lipinski definition) is 1. The molecule has 0 aromatic carbocycles. The quantitative estimate of drug-likeness (QED) is 0.718. The highest BCUT2D eigenvalue weighted by atomic mass is 16.6. The minimum Gasteiger partial charge on any atom is -0.467 e. The van der Waals surface area contributed by atoms with Crippen molar-refractivity contribution in [2.24, 2.45) is 5.92 Å². The highest BCUT2D eigenvalue weighted by Crippen LogP contribution is 2.43. The molecule has 2 aliphatic heterocycles. The number of ether oxygens (including phenoxy) is 2. The summed E-state index contributed by atoms with van der Waals surface area (Å²) in [5.74, 6) is -0.513. The zero-order valence-corrected chi connectivity index (χ0v) is 11.8. The van der Waals surface area contributed by atoms with Crippen LogP contribution in [0.25, 0.3) is 0 Å². The number of amides is 1. The molecule has 1 aliphatic carbocycles. The number of aliphatic hydroxyl groups is 1. The number of rotatable bonds is 1. The molecular formula is C13H21NO5. The summed E-state index contributed by atoms with van der Waals surface area (Å²) in [5, 5.41) is 10.1. The van der Waals surface area contributed by atoms with Crippen LogP contribution >= 0.6 is 0 Å². The van der Waals surface area contributed by atoms with Gasteiger partial charge in [0.2, 0.25) is 0 Å². The van der Waals surface area contributed by atoms with Crippen LogP contribution in [0.4, 0.5) is 4.79 Å². The molecule has 3 aliphatic rings. The highest BCUT2D eigenvalue weighted by Gasteiger charge is 2.56. The van der Waals surface area contributed by atoms with Crippen molar-refractivity contribution in [3.8, 4) is 0 Å². The fraction of sp³-hybridized carbons (Fsp3) is 0.846. The largest absolute Gasteiger partial charge is 0.467 e. The first-order chi connectivity index (χ1) is 8.74. The second kappa shape index (κ2) is 4.67. The van der Waals surface area contributed by atoms with Crippen LogP contribution in [0.15, 0.2) is 0 Å². The Morgan fingerprint density at radius 2 is 1.84 bits per heavy atom. The zero-order valence-electron chi connectivity index (χ0n) is 11.8. The molecule has 2 bridgehead atoms. The monoisotopic (exact) mass is 271 g/mol. The number of aliphatic hydroxyl groups excluding tert-OH is 1. The third-order valence-electron chi connectivity index (χ3n) is 3.70. The second-order valence-electron chi connectivity index (χ2n) is 6.23. The molecule has 1 N–H and O–H groups in total. The van der Waals surface area contributed by atoms with Gasteiger partial charge in [0.15, 0.2) is 6.04 Å². The standard InChI is InChI=1S/C13H21NO5/c1-13(2,3)19-12(17)14-8-5-7(6-8)10(15)9(14)11(16)18-4/h7-10,15H,5-6H2,1-4H3. The lowest BCUT2D eigenvalue weighted by Gasteiger charge is -2.54. The molecule has 6 nitrogen and oxygen atoms in total. The fourth-order valence-electron chi connectivity index (χ4n) is 2.74. The summed E-state index contributed by atoms with van der Waals surface area (Å²) in [6, 6.07) is -0.982. The molecule has 3 fully saturated rings. The summed E-state index contributed by atoms with van der Waals surface area (Å²) < 4.78 is 10.0. The van der Waals surface area contributed by atoms with Gasteiger partial charge >= 0.3 is 12.1 Å². The van der Waals surface area contributed by atoms with Gasteiger partial charge < -0.3 is 14.6 Å². The van der Waals surface area contributed by atoms with Crippen LogP contribution in [0.3, 0.4) is 0 Å². The summed E-state index contributed by atoms with van der Waals surface area (Å²) >= 11 is 0. The van der Waals surface area contributed by atoms with E-state index in [0.29, 0.717) is 12.8 Å². The lowest BCUT2D eigenvalue weighted by atomic mass is 9.69. The molecule has 108 valence electrons. The first-order valence-electron chi connectivity index (χ1n) is 6.52. The Hall–Kier alpha value is -1.30. The molecule has 2 unspecified atom stereocenters. The number of nitrogens with zero attached hydrogens (tertiary/aromatic N) is 1. The zero-order chi connectivity index (χ0) is 14.4. The van der Waals surface area contributed by atoms with E-state index in [2.05, 4.69) is 0 Å². The van der Waals surface area contributed by atoms with E-state index in [1.165, 1.54) is 12.0 Å². The fourth-order valence-corrected chi connectivity index (χ4v) is 2.74. The SMILES string of the molecule is COC(=O)C1C(O)C2CC(C2)N1C(=O)OC(C)(C)C. The Labute approximate surface area is 112 Å². The van der Waals surface area contributed by atoms with E-state index >= 15 is 0 Å². The molecule has 3 rings (SSSR count). The summed E-state index contributed by atoms with van der Waals surface area (Å²) in [5.41, 5.74) is -0.636. The van der Waals surface area contributed by atoms with Gasteiger partial charge in [-0.1, -0.05) is 0 Å². The Kier molecular flexibility index (Phi) is 3.47. The van der Waals surface area contributed by atoms with Crippen LogP contribution in [0.1, 0.15) is 33.6 Å². The maximum Gasteiger partial charge on any atom is 0.411 e. The van der Waals surface area contributed by atoms with Crippen molar-refractivity contribution in [3.05, 3.63) is 0 Å². The van der Waals surface area contributed by atoms with Crippen LogP contribution in [-0.2, 0) is 14.3 Å². The molecule has 2 heterocycles. The van der Waals surface area contributed by atoms with E-state index in [4.69, 9.17) is 9.47 Å². The molecule has 6 heteroatoms. The van der Waals surface area contributed by atoms with Gasteiger partial charge in [-0.2, -0.15) is 0 Å². The molecular weight excluding hydrogens is 250 g/mol. The number of carbonyl (C=O) groups is 2. The molecule has 0 aromatic rings. The van der Waals surface area contributed by atoms with Crippen molar-refractivity contribution >= 4 is 12.1 Å². The van der Waals surface area contributed by atoms with Crippen molar-refractivity contribution in [1.29, 1.82) is 0 Å². The van der Waals surface area contributed by atoms with E-state index in [0.717, 1.165) is 0 Å². The Morgan fingerprint density at radius 3 is 2.32 bits per heavy atom. The number of hydrogen-bond acceptors (Lipinski definition) is 5. The van der Waals surface area contributed by atoms with E-state index in [1.54, 1.807) is 20.8 Å². The minimum absolute atomic E-state index is 0.0349. The van der Waals surface area contributed by atoms with E-state index in [1.807, 2.05) is 0 Å². The highest BCUT2D eigenvalue weighted by molar-refractivity contribution is 5.83. The topological polar surface area (TPSA) is 76.1 Å². The third-order valence-corrected chi connectivity index (χ3v) is 3.70. The third kappa shape index (κ3) is 2.54. The average Bonchev–Trinajstić information content (AvgIpc) is 2.23. The van der Waals surface area contributed by atoms with Crippen LogP contribution in [0, 0.1) is 5.92 Å². The van der Waals surface area contributed by atoms with Crippen molar-refractivity contribution in [2.75, 3.05) is 7.11 Å². The molecule has 0 spiro atoms. The lowest BCUT2D eigenvalue weighted by Crippen LogP contribution is -2.68. The molecule has 2 atom stereocenters. The summed E-state index contributed by atoms with van der Waals surface area (Å²) in [6.45, 7) is 5.30. The first-order valence-corrected chi connectivity index (χ1v) is 6.52. The minimum atomic E-state index is -0.947. The molecule has 1 saturated carbocycles. The van der Waals surface area contributed by atoms with E-state index in [-0.39, 0.29) is 12.0 Å². The number of esters is 1. The molecule has 1 amide bonds. The normalized spacial score (nSPS) is 33.4. The summed E-state index contributed by atoms with van der Waals surface area (Å²) in [7, 11) is 1.25. The molecule has 0 radical (unpaired) electrons. The van der Waals surface area contributed by atoms with Crippen molar-refractivity contribution < 1.29 is 24.2 Å². The smallest absolute Gasteiger partial charge is 0.411 e. The Balaban J connectivity index is 2.19. The number of fused-ring (bicyclic) bond motifs is 2. The maximum atomic E-state index is 12.2. The molecule has 19 heavy (non-hydrogen) atoms. The number of methoxy groups -OCH3 is 1. The molecule has 2 saturated heterocycles. The van der Waals surface area contributed by atoms with E-state index in [9.17, 15) is 14.7 Å². The van der Waals surface area contributed by atoms with Crippen LogP contribution < -0.4 is 0 Å². The van der Waals surface area contributed by atoms with Gasteiger partial charge in [-0.15, -0.1) is 0 Å². The van der Waals surface area contributed by atoms with E-state index < -0.39 is 29.8 Å². The van der Waals surface area contributed by atoms with Crippen molar-refractivity contribution in [1.82, 2.24) is 4.90 Å². The predicted molar refractivity (Wildman–Crippen MR) is 66.4 cm³/mol. The number of carbonyl (C=O) groups excluding carboxylic acids is 2. The van der Waals surface area contributed by atoms with Gasteiger partial charge in [0.25, 0.3) is 0 Å². The van der Waals surface area contributed by atoms with Gasteiger partial charge in [0.05, 0.1) is 13.2 Å². The lowest BCUT2D eigenvalue weighted by molar-refractivity contribution is -0.171. The Bertz CT molecular complexity index is 383. The summed E-state index contributed by atoms with van der Waals surface area (Å²) in [4.78, 5) is 25.4. The summed E-state index contributed by atoms with van der Waals surface area (Å²) in [6.07, 6.45) is -0.00277. The van der Waals surface area contributed by atoms with Crippen LogP contribution in [0.5, 0.6) is 0 Å². The number of piperidine rings is 2. The van der Waals surface area contributed by atoms with Crippen molar-refractivity contribution in [3.63, 3.8) is 0 Å². The van der Waals surface area contributed by atoms with Crippen molar-refractivity contribution in [2.45, 2.75) is 57.4 Å². The maximum absolute atomic E-state index is 12.2. The van der Waals surface area contributed by atoms with Gasteiger partial charge in [0, 0.05) is 6.04 Å². The van der Waals surface area contributed by atoms with Crippen LogP contribution in [0.2, 0.25) is 0 Å². The average molecular weight is 271 g/mol. The van der Waals surface area contributed by atoms with Gasteiger partial charge in [-0.25, -0.2) is 9.59 Å². The van der Waals surface area contributed by atoms with Gasteiger partial charge in [-0.05, 0) is 39.5 Å². The molecule has 0 aromatic heterocycles. The Morgan fingerprint density at radius 1 is 1.26 bits per heavy atom. The first kappa shape index (κ1) is 14.1. The van der Waals surface area contributed by atoms with Gasteiger partial charge in [-0.3, -0.25) is 4.90 Å². The predicted octanol–water partition coefficient (Wildman–Crippen LogP) is 0.918. The van der Waals surface area contributed by atoms with Gasteiger partial charge in [0.1, 0.15) is 5.60 Å². The second-order valence-corrected chi connectivity index (χ2v) is 6.23.